The zero-order chi connectivity index (χ0) is 31.4. The zero-order valence-electron chi connectivity index (χ0n) is 25.5. The van der Waals surface area contributed by atoms with Crippen molar-refractivity contribution < 1.29 is 33.4 Å². The van der Waals surface area contributed by atoms with Crippen molar-refractivity contribution in [2.75, 3.05) is 25.2 Å². The first-order valence-electron chi connectivity index (χ1n) is 15.0. The molecule has 9 nitrogen and oxygen atoms in total. The average molecular weight is 599 g/mol. The van der Waals surface area contributed by atoms with E-state index in [1.54, 1.807) is 37.8 Å². The zero-order valence-corrected chi connectivity index (χ0v) is 25.5. The highest BCUT2D eigenvalue weighted by Gasteiger charge is 2.74. The first-order chi connectivity index (χ1) is 21.0. The molecule has 4 bridgehead atoms. The van der Waals surface area contributed by atoms with Gasteiger partial charge in [-0.1, -0.05) is 66.8 Å². The molecule has 2 aliphatic carbocycles. The van der Waals surface area contributed by atoms with Crippen LogP contribution >= 0.6 is 0 Å². The quantitative estimate of drug-likeness (QED) is 0.249. The van der Waals surface area contributed by atoms with Crippen molar-refractivity contribution in [2.45, 2.75) is 45.3 Å². The number of likely N-dealkylation sites (tertiary alicyclic amines) is 1. The number of carbonyl (C=O) groups excluding carboxylic acids is 4. The highest BCUT2D eigenvalue weighted by molar-refractivity contribution is 6.15. The van der Waals surface area contributed by atoms with Crippen LogP contribution < -0.4 is 4.90 Å². The molecule has 0 aromatic heterocycles. The molecular formula is C35H38N2O7. The summed E-state index contributed by atoms with van der Waals surface area (Å²) in [6.07, 6.45) is 4.86. The molecule has 6 rings (SSSR count). The van der Waals surface area contributed by atoms with Crippen molar-refractivity contribution in [2.24, 2.45) is 28.6 Å². The molecule has 44 heavy (non-hydrogen) atoms. The number of fused-ring (bicyclic) bond motifs is 2. The van der Waals surface area contributed by atoms with E-state index >= 15 is 0 Å². The number of carbonyl (C=O) groups is 4. The molecular weight excluding hydrogens is 560 g/mol. The standard InChI is InChI=1S/C35H38N2O7/c1-6-34-21-36(31(40)42-5)28-23(20-43-30(39)33(2,3)4)24(34)16-17-35(29(28)34)18-27(38)37(26-15-11-10-14-25(26)35)32(41)44-19-22-12-8-7-9-13-22/h6-17,23-24,28-29H,1,18-21H2,2-5H3/t23-,24+,28+,29-,34?,35+/m0/s1. The Bertz CT molecular complexity index is 1550. The molecule has 9 heteroatoms. The van der Waals surface area contributed by atoms with Crippen molar-refractivity contribution in [1.82, 2.24) is 4.90 Å². The number of hydrogen-bond donors (Lipinski definition) is 0. The van der Waals surface area contributed by atoms with E-state index in [0.29, 0.717) is 12.2 Å². The molecule has 2 aromatic rings. The van der Waals surface area contributed by atoms with E-state index in [-0.39, 0.29) is 43.4 Å². The maximum absolute atomic E-state index is 14.1. The van der Waals surface area contributed by atoms with Gasteiger partial charge in [0.25, 0.3) is 0 Å². The molecule has 0 N–H and O–H groups in total. The van der Waals surface area contributed by atoms with Crippen molar-refractivity contribution in [3.8, 4) is 0 Å². The Labute approximate surface area is 257 Å². The summed E-state index contributed by atoms with van der Waals surface area (Å²) in [7, 11) is 1.35. The minimum atomic E-state index is -0.856. The van der Waals surface area contributed by atoms with Crippen LogP contribution in [0.2, 0.25) is 0 Å². The minimum absolute atomic E-state index is 0.00601. The Morgan fingerprint density at radius 3 is 2.41 bits per heavy atom. The van der Waals surface area contributed by atoms with Crippen LogP contribution in [0.25, 0.3) is 0 Å². The Morgan fingerprint density at radius 1 is 1.02 bits per heavy atom. The lowest BCUT2D eigenvalue weighted by molar-refractivity contribution is -0.155. The third-order valence-corrected chi connectivity index (χ3v) is 9.94. The van der Waals surface area contributed by atoms with Gasteiger partial charge in [-0.05, 0) is 43.9 Å². The first-order valence-corrected chi connectivity index (χ1v) is 15.0. The fraction of sp³-hybridized carbons (Fsp3) is 0.429. The third-order valence-electron chi connectivity index (χ3n) is 9.94. The van der Waals surface area contributed by atoms with E-state index in [1.165, 1.54) is 7.11 Å². The first kappa shape index (κ1) is 29.7. The topological polar surface area (TPSA) is 102 Å². The van der Waals surface area contributed by atoms with E-state index in [1.807, 2.05) is 48.5 Å². The second-order valence-corrected chi connectivity index (χ2v) is 13.3. The van der Waals surface area contributed by atoms with Gasteiger partial charge in [-0.2, -0.15) is 0 Å². The number of hydrogen-bond acceptors (Lipinski definition) is 7. The van der Waals surface area contributed by atoms with Crippen LogP contribution in [0.3, 0.4) is 0 Å². The molecule has 2 fully saturated rings. The van der Waals surface area contributed by atoms with Crippen molar-refractivity contribution in [3.63, 3.8) is 0 Å². The van der Waals surface area contributed by atoms with Crippen molar-refractivity contribution in [1.29, 1.82) is 0 Å². The number of imide groups is 1. The fourth-order valence-electron chi connectivity index (χ4n) is 8.14. The van der Waals surface area contributed by atoms with E-state index in [4.69, 9.17) is 14.2 Å². The van der Waals surface area contributed by atoms with E-state index in [0.717, 1.165) is 16.0 Å². The van der Waals surface area contributed by atoms with Gasteiger partial charge in [-0.25, -0.2) is 14.5 Å². The van der Waals surface area contributed by atoms with Gasteiger partial charge >= 0.3 is 18.2 Å². The number of rotatable bonds is 5. The molecule has 1 spiro atoms. The number of nitrogens with zero attached hydrogens (tertiary/aromatic N) is 2. The Hall–Kier alpha value is -4.40. The summed E-state index contributed by atoms with van der Waals surface area (Å²) in [6.45, 7) is 10.2. The van der Waals surface area contributed by atoms with Crippen LogP contribution in [0.15, 0.2) is 79.4 Å². The number of esters is 1. The molecule has 6 atom stereocenters. The molecule has 230 valence electrons. The summed E-state index contributed by atoms with van der Waals surface area (Å²) in [4.78, 5) is 56.4. The number of piperidine rings is 1. The van der Waals surface area contributed by atoms with Gasteiger partial charge in [0.1, 0.15) is 6.61 Å². The number of benzene rings is 2. The van der Waals surface area contributed by atoms with Crippen LogP contribution in [0, 0.1) is 28.6 Å². The average Bonchev–Trinajstić information content (AvgIpc) is 3.46. The van der Waals surface area contributed by atoms with Gasteiger partial charge < -0.3 is 19.1 Å². The number of ether oxygens (including phenoxy) is 3. The lowest BCUT2D eigenvalue weighted by Gasteiger charge is -2.50. The molecule has 1 saturated heterocycles. The lowest BCUT2D eigenvalue weighted by Crippen LogP contribution is -2.54. The number of para-hydroxylation sites is 1. The van der Waals surface area contributed by atoms with E-state index in [9.17, 15) is 19.2 Å². The third kappa shape index (κ3) is 4.35. The molecule has 2 aliphatic heterocycles. The molecule has 4 aliphatic rings. The normalized spacial score (nSPS) is 29.8. The fourth-order valence-corrected chi connectivity index (χ4v) is 8.14. The van der Waals surface area contributed by atoms with Gasteiger partial charge in [0, 0.05) is 41.7 Å². The highest BCUT2D eigenvalue weighted by Crippen LogP contribution is 2.70. The Morgan fingerprint density at radius 2 is 1.73 bits per heavy atom. The van der Waals surface area contributed by atoms with Crippen LogP contribution in [0.5, 0.6) is 0 Å². The molecule has 1 unspecified atom stereocenters. The van der Waals surface area contributed by atoms with Crippen molar-refractivity contribution in [3.05, 3.63) is 90.5 Å². The van der Waals surface area contributed by atoms with Crippen LogP contribution in [0.4, 0.5) is 15.3 Å². The molecule has 0 radical (unpaired) electrons. The number of allylic oxidation sites excluding steroid dienone is 2. The number of methoxy groups -OCH3 is 1. The predicted octanol–water partition coefficient (Wildman–Crippen LogP) is 5.64. The monoisotopic (exact) mass is 598 g/mol. The molecule has 3 amide bonds. The second-order valence-electron chi connectivity index (χ2n) is 13.3. The number of amides is 3. The maximum Gasteiger partial charge on any atom is 0.421 e. The van der Waals surface area contributed by atoms with Crippen LogP contribution in [0.1, 0.15) is 38.3 Å². The van der Waals surface area contributed by atoms with Crippen LogP contribution in [-0.2, 0) is 35.8 Å². The summed E-state index contributed by atoms with van der Waals surface area (Å²) in [5.41, 5.74) is -0.0922. The summed E-state index contributed by atoms with van der Waals surface area (Å²) in [6, 6.07) is 16.3. The van der Waals surface area contributed by atoms with E-state index < -0.39 is 40.4 Å². The minimum Gasteiger partial charge on any atom is -0.465 e. The van der Waals surface area contributed by atoms with E-state index in [2.05, 4.69) is 18.7 Å². The van der Waals surface area contributed by atoms with Gasteiger partial charge in [0.15, 0.2) is 0 Å². The summed E-state index contributed by atoms with van der Waals surface area (Å²) < 4.78 is 16.7. The largest absolute Gasteiger partial charge is 0.465 e. The molecule has 1 saturated carbocycles. The molecule has 2 aromatic carbocycles. The Kier molecular flexibility index (Phi) is 7.18. The van der Waals surface area contributed by atoms with Crippen molar-refractivity contribution >= 4 is 29.8 Å². The van der Waals surface area contributed by atoms with Gasteiger partial charge in [0.2, 0.25) is 5.91 Å². The smallest absolute Gasteiger partial charge is 0.421 e. The SMILES string of the molecule is C=CC12CN(C(=O)OC)[C@@H]3[C@@H](COC(=O)C(C)(C)C)[C@H]1C=C[C@]1(CC(=O)N(C(=O)OCc4ccccc4)c4ccccc41)[C@@H]32. The Balaban J connectivity index is 1.40. The summed E-state index contributed by atoms with van der Waals surface area (Å²) in [5, 5.41) is 0. The maximum atomic E-state index is 14.1. The lowest BCUT2D eigenvalue weighted by atomic mass is 9.54. The molecule has 2 heterocycles. The van der Waals surface area contributed by atoms with Gasteiger partial charge in [-0.3, -0.25) is 9.59 Å². The second kappa shape index (κ2) is 10.6. The van der Waals surface area contributed by atoms with Gasteiger partial charge in [0.05, 0.1) is 24.8 Å². The predicted molar refractivity (Wildman–Crippen MR) is 162 cm³/mol. The summed E-state index contributed by atoms with van der Waals surface area (Å²) in [5.74, 6) is -1.33. The highest BCUT2D eigenvalue weighted by atomic mass is 16.6. The number of anilines is 1. The van der Waals surface area contributed by atoms with Gasteiger partial charge in [-0.15, -0.1) is 6.58 Å². The van der Waals surface area contributed by atoms with Crippen LogP contribution in [-0.4, -0.2) is 55.3 Å². The summed E-state index contributed by atoms with van der Waals surface area (Å²) >= 11 is 0.